The van der Waals surface area contributed by atoms with Gasteiger partial charge in [-0.1, -0.05) is 25.4 Å². The van der Waals surface area contributed by atoms with E-state index in [9.17, 15) is 0 Å². The van der Waals surface area contributed by atoms with Crippen LogP contribution in [0.1, 0.15) is 19.7 Å². The number of nitrogens with one attached hydrogen (secondary N) is 1. The Morgan fingerprint density at radius 2 is 2.19 bits per heavy atom. The first-order chi connectivity index (χ1) is 7.61. The van der Waals surface area contributed by atoms with Crippen molar-refractivity contribution in [3.63, 3.8) is 0 Å². The highest BCUT2D eigenvalue weighted by Crippen LogP contribution is 2.13. The van der Waals surface area contributed by atoms with Crippen LogP contribution in [0.3, 0.4) is 0 Å². The van der Waals surface area contributed by atoms with Gasteiger partial charge < -0.3 is 10.1 Å². The fourth-order valence-corrected chi connectivity index (χ4v) is 1.49. The van der Waals surface area contributed by atoms with Crippen LogP contribution in [-0.2, 0) is 11.2 Å². The van der Waals surface area contributed by atoms with Gasteiger partial charge in [-0.25, -0.2) is 9.97 Å². The zero-order valence-corrected chi connectivity index (χ0v) is 10.7. The lowest BCUT2D eigenvalue weighted by molar-refractivity contribution is 0.210. The first-order valence-corrected chi connectivity index (χ1v) is 5.76. The largest absolute Gasteiger partial charge is 0.383 e. The summed E-state index contributed by atoms with van der Waals surface area (Å²) in [6.45, 7) is 5.61. The van der Waals surface area contributed by atoms with Crippen molar-refractivity contribution < 1.29 is 4.74 Å². The van der Waals surface area contributed by atoms with Gasteiger partial charge in [0.15, 0.2) is 0 Å². The van der Waals surface area contributed by atoms with Gasteiger partial charge >= 0.3 is 0 Å². The van der Waals surface area contributed by atoms with E-state index in [1.807, 2.05) is 0 Å². The maximum atomic E-state index is 5.92. The number of aromatic nitrogens is 2. The van der Waals surface area contributed by atoms with Gasteiger partial charge in [0, 0.05) is 26.1 Å². The molecule has 1 aromatic heterocycles. The third-order valence-corrected chi connectivity index (χ3v) is 2.14. The van der Waals surface area contributed by atoms with E-state index in [0.29, 0.717) is 24.2 Å². The molecule has 4 nitrogen and oxygen atoms in total. The van der Waals surface area contributed by atoms with Gasteiger partial charge in [0.1, 0.15) is 16.8 Å². The Morgan fingerprint density at radius 3 is 2.81 bits per heavy atom. The number of anilines is 1. The lowest BCUT2D eigenvalue weighted by Gasteiger charge is -2.08. The fourth-order valence-electron chi connectivity index (χ4n) is 1.29. The highest BCUT2D eigenvalue weighted by molar-refractivity contribution is 6.29. The van der Waals surface area contributed by atoms with E-state index in [1.54, 1.807) is 13.2 Å². The van der Waals surface area contributed by atoms with Gasteiger partial charge in [0.2, 0.25) is 0 Å². The molecule has 16 heavy (non-hydrogen) atoms. The molecule has 0 fully saturated rings. The first kappa shape index (κ1) is 13.2. The van der Waals surface area contributed by atoms with Crippen LogP contribution in [0.25, 0.3) is 0 Å². The summed E-state index contributed by atoms with van der Waals surface area (Å²) >= 11 is 5.92. The summed E-state index contributed by atoms with van der Waals surface area (Å²) < 4.78 is 4.95. The summed E-state index contributed by atoms with van der Waals surface area (Å²) in [6.07, 6.45) is 0.833. The standard InChI is InChI=1S/C11H18ClN3O/c1-8(2)6-11-14-9(12)7-10(15-11)13-4-5-16-3/h7-8H,4-6H2,1-3H3,(H,13,14,15). The van der Waals surface area contributed by atoms with Gasteiger partial charge in [0.05, 0.1) is 6.61 Å². The number of hydrogen-bond acceptors (Lipinski definition) is 4. The minimum atomic E-state index is 0.477. The van der Waals surface area contributed by atoms with Crippen LogP contribution in [-0.4, -0.2) is 30.2 Å². The van der Waals surface area contributed by atoms with E-state index in [2.05, 4.69) is 29.1 Å². The quantitative estimate of drug-likeness (QED) is 0.616. The van der Waals surface area contributed by atoms with E-state index in [1.165, 1.54) is 0 Å². The van der Waals surface area contributed by atoms with Crippen LogP contribution in [0.15, 0.2) is 6.07 Å². The van der Waals surface area contributed by atoms with E-state index in [0.717, 1.165) is 18.1 Å². The van der Waals surface area contributed by atoms with Crippen molar-refractivity contribution in [2.24, 2.45) is 5.92 Å². The molecule has 0 aliphatic carbocycles. The number of hydrogen-bond donors (Lipinski definition) is 1. The summed E-state index contributed by atoms with van der Waals surface area (Å²) in [5.74, 6) is 2.06. The van der Waals surface area contributed by atoms with Crippen molar-refractivity contribution in [2.45, 2.75) is 20.3 Å². The monoisotopic (exact) mass is 243 g/mol. The molecule has 1 aromatic rings. The molecule has 0 unspecified atom stereocenters. The van der Waals surface area contributed by atoms with E-state index >= 15 is 0 Å². The lowest BCUT2D eigenvalue weighted by Crippen LogP contribution is -2.11. The smallest absolute Gasteiger partial charge is 0.134 e. The molecule has 0 aliphatic heterocycles. The highest BCUT2D eigenvalue weighted by Gasteiger charge is 2.05. The molecular formula is C11H18ClN3O. The van der Waals surface area contributed by atoms with Crippen LogP contribution in [0.4, 0.5) is 5.82 Å². The topological polar surface area (TPSA) is 47.0 Å². The van der Waals surface area contributed by atoms with Crippen molar-refractivity contribution in [1.29, 1.82) is 0 Å². The van der Waals surface area contributed by atoms with Gasteiger partial charge in [-0.05, 0) is 5.92 Å². The Balaban J connectivity index is 2.65. The van der Waals surface area contributed by atoms with Gasteiger partial charge in [-0.3, -0.25) is 0 Å². The normalized spacial score (nSPS) is 10.8. The Kier molecular flexibility index (Phi) is 5.49. The van der Waals surface area contributed by atoms with E-state index in [-0.39, 0.29) is 0 Å². The summed E-state index contributed by atoms with van der Waals surface area (Å²) in [5, 5.41) is 3.62. The number of rotatable bonds is 6. The summed E-state index contributed by atoms with van der Waals surface area (Å²) in [5.41, 5.74) is 0. The van der Waals surface area contributed by atoms with Gasteiger partial charge in [0.25, 0.3) is 0 Å². The average molecular weight is 244 g/mol. The Labute approximate surface area is 101 Å². The molecule has 0 atom stereocenters. The van der Waals surface area contributed by atoms with Crippen molar-refractivity contribution in [1.82, 2.24) is 9.97 Å². The third-order valence-electron chi connectivity index (χ3n) is 1.94. The number of halogens is 1. The zero-order chi connectivity index (χ0) is 12.0. The molecule has 1 heterocycles. The minimum Gasteiger partial charge on any atom is -0.383 e. The van der Waals surface area contributed by atoms with Crippen LogP contribution in [0.2, 0.25) is 5.15 Å². The summed E-state index contributed by atoms with van der Waals surface area (Å²) in [7, 11) is 1.67. The maximum absolute atomic E-state index is 5.92. The molecule has 0 amide bonds. The van der Waals surface area contributed by atoms with Gasteiger partial charge in [-0.2, -0.15) is 0 Å². The predicted molar refractivity (Wildman–Crippen MR) is 65.9 cm³/mol. The molecule has 0 aliphatic rings. The highest BCUT2D eigenvalue weighted by atomic mass is 35.5. The van der Waals surface area contributed by atoms with Crippen molar-refractivity contribution in [2.75, 3.05) is 25.6 Å². The number of ether oxygens (including phenoxy) is 1. The summed E-state index contributed by atoms with van der Waals surface area (Å²) in [4.78, 5) is 8.57. The Hall–Kier alpha value is -0.870. The molecular weight excluding hydrogens is 226 g/mol. The molecule has 0 bridgehead atoms. The molecule has 90 valence electrons. The molecule has 0 saturated carbocycles. The van der Waals surface area contributed by atoms with Crippen LogP contribution < -0.4 is 5.32 Å². The Morgan fingerprint density at radius 1 is 1.44 bits per heavy atom. The summed E-state index contributed by atoms with van der Waals surface area (Å²) in [6, 6.07) is 1.72. The molecule has 0 spiro atoms. The van der Waals surface area contributed by atoms with Crippen LogP contribution in [0, 0.1) is 5.92 Å². The predicted octanol–water partition coefficient (Wildman–Crippen LogP) is 2.39. The second-order valence-corrected chi connectivity index (χ2v) is 4.40. The SMILES string of the molecule is COCCNc1cc(Cl)nc(CC(C)C)n1. The van der Waals surface area contributed by atoms with Crippen molar-refractivity contribution in [3.8, 4) is 0 Å². The van der Waals surface area contributed by atoms with Crippen LogP contribution >= 0.6 is 11.6 Å². The molecule has 0 aromatic carbocycles. The average Bonchev–Trinajstić information content (AvgIpc) is 2.16. The number of methoxy groups -OCH3 is 1. The number of nitrogens with zero attached hydrogens (tertiary/aromatic N) is 2. The van der Waals surface area contributed by atoms with Crippen LogP contribution in [0.5, 0.6) is 0 Å². The molecule has 5 heteroatoms. The molecule has 0 saturated heterocycles. The van der Waals surface area contributed by atoms with Crippen molar-refractivity contribution in [3.05, 3.63) is 17.0 Å². The van der Waals surface area contributed by atoms with Crippen molar-refractivity contribution >= 4 is 17.4 Å². The minimum absolute atomic E-state index is 0.477. The molecule has 1 rings (SSSR count). The molecule has 1 N–H and O–H groups in total. The molecule has 0 radical (unpaired) electrons. The zero-order valence-electron chi connectivity index (χ0n) is 9.96. The van der Waals surface area contributed by atoms with E-state index < -0.39 is 0 Å². The maximum Gasteiger partial charge on any atom is 0.134 e. The lowest BCUT2D eigenvalue weighted by atomic mass is 10.1. The Bertz CT molecular complexity index is 331. The first-order valence-electron chi connectivity index (χ1n) is 5.38. The van der Waals surface area contributed by atoms with E-state index in [4.69, 9.17) is 16.3 Å². The van der Waals surface area contributed by atoms with Gasteiger partial charge in [-0.15, -0.1) is 0 Å². The second kappa shape index (κ2) is 6.66. The fraction of sp³-hybridized carbons (Fsp3) is 0.636. The third kappa shape index (κ3) is 4.77. The second-order valence-electron chi connectivity index (χ2n) is 4.01.